The molecule has 2 aromatic rings. The van der Waals surface area contributed by atoms with Crippen LogP contribution < -0.4 is 15.0 Å². The van der Waals surface area contributed by atoms with E-state index in [4.69, 9.17) is 27.9 Å². The van der Waals surface area contributed by atoms with E-state index in [0.29, 0.717) is 27.3 Å². The van der Waals surface area contributed by atoms with Gasteiger partial charge in [0.15, 0.2) is 18.2 Å². The zero-order chi connectivity index (χ0) is 16.4. The second-order valence-electron chi connectivity index (χ2n) is 4.77. The number of aromatic nitrogens is 1. The number of rotatable bonds is 3. The largest absolute Gasteiger partial charge is 0.480 e. The lowest BCUT2D eigenvalue weighted by atomic mass is 10.3. The Hall–Kier alpha value is -2.31. The normalized spacial score (nSPS) is 13.3. The van der Waals surface area contributed by atoms with E-state index in [1.165, 1.54) is 17.2 Å². The summed E-state index contributed by atoms with van der Waals surface area (Å²) < 4.78 is 5.28. The van der Waals surface area contributed by atoms with Crippen molar-refractivity contribution in [3.63, 3.8) is 0 Å². The Morgan fingerprint density at radius 2 is 2.13 bits per heavy atom. The van der Waals surface area contributed by atoms with E-state index in [-0.39, 0.29) is 25.0 Å². The van der Waals surface area contributed by atoms with Gasteiger partial charge in [0, 0.05) is 11.9 Å². The van der Waals surface area contributed by atoms with Gasteiger partial charge in [-0.3, -0.25) is 14.5 Å². The highest BCUT2D eigenvalue weighted by molar-refractivity contribution is 6.42. The van der Waals surface area contributed by atoms with Crippen molar-refractivity contribution in [1.82, 2.24) is 4.98 Å². The number of pyridine rings is 1. The fourth-order valence-electron chi connectivity index (χ4n) is 2.11. The number of amides is 2. The third kappa shape index (κ3) is 3.38. The number of benzene rings is 1. The van der Waals surface area contributed by atoms with Gasteiger partial charge in [0.05, 0.1) is 10.0 Å². The number of nitrogens with zero attached hydrogens (tertiary/aromatic N) is 2. The van der Waals surface area contributed by atoms with Gasteiger partial charge < -0.3 is 10.1 Å². The Morgan fingerprint density at radius 1 is 1.30 bits per heavy atom. The third-order valence-corrected chi connectivity index (χ3v) is 3.90. The predicted molar refractivity (Wildman–Crippen MR) is 87.2 cm³/mol. The van der Waals surface area contributed by atoms with Gasteiger partial charge >= 0.3 is 0 Å². The molecule has 0 atom stereocenters. The molecule has 0 aliphatic carbocycles. The molecule has 23 heavy (non-hydrogen) atoms. The summed E-state index contributed by atoms with van der Waals surface area (Å²) in [4.78, 5) is 29.6. The SMILES string of the molecule is O=C(CN1C(=O)COc2cccnc21)Nc1ccc(Cl)c(Cl)c1. The molecule has 0 bridgehead atoms. The van der Waals surface area contributed by atoms with Crippen LogP contribution in [-0.2, 0) is 9.59 Å². The van der Waals surface area contributed by atoms with Crippen molar-refractivity contribution in [2.45, 2.75) is 0 Å². The first-order valence-electron chi connectivity index (χ1n) is 6.67. The zero-order valence-corrected chi connectivity index (χ0v) is 13.3. The molecule has 118 valence electrons. The number of carbonyl (C=O) groups is 2. The maximum absolute atomic E-state index is 12.2. The van der Waals surface area contributed by atoms with Crippen molar-refractivity contribution in [3.05, 3.63) is 46.6 Å². The molecule has 0 saturated carbocycles. The van der Waals surface area contributed by atoms with Crippen LogP contribution in [0.1, 0.15) is 0 Å². The molecule has 0 unspecified atom stereocenters. The van der Waals surface area contributed by atoms with Crippen molar-refractivity contribution in [3.8, 4) is 5.75 Å². The summed E-state index contributed by atoms with van der Waals surface area (Å²) in [5, 5.41) is 3.39. The number of halogens is 2. The first-order valence-corrected chi connectivity index (χ1v) is 7.43. The molecule has 1 aromatic heterocycles. The van der Waals surface area contributed by atoms with Crippen molar-refractivity contribution < 1.29 is 14.3 Å². The minimum Gasteiger partial charge on any atom is -0.480 e. The maximum Gasteiger partial charge on any atom is 0.266 e. The quantitative estimate of drug-likeness (QED) is 0.922. The van der Waals surface area contributed by atoms with Crippen molar-refractivity contribution in [1.29, 1.82) is 0 Å². The topological polar surface area (TPSA) is 71.5 Å². The van der Waals surface area contributed by atoms with E-state index >= 15 is 0 Å². The smallest absolute Gasteiger partial charge is 0.266 e. The van der Waals surface area contributed by atoms with E-state index in [1.807, 2.05) is 0 Å². The molecule has 0 fully saturated rings. The fraction of sp³-hybridized carbons (Fsp3) is 0.133. The molecular formula is C15H11Cl2N3O3. The molecule has 3 rings (SSSR count). The van der Waals surface area contributed by atoms with E-state index < -0.39 is 0 Å². The molecule has 6 nitrogen and oxygen atoms in total. The number of anilines is 2. The molecule has 2 amide bonds. The highest BCUT2D eigenvalue weighted by Crippen LogP contribution is 2.29. The van der Waals surface area contributed by atoms with Crippen LogP contribution in [0, 0.1) is 0 Å². The summed E-state index contributed by atoms with van der Waals surface area (Å²) in [6, 6.07) is 8.13. The first-order chi connectivity index (χ1) is 11.0. The predicted octanol–water partition coefficient (Wildman–Crippen LogP) is 2.75. The number of hydrogen-bond acceptors (Lipinski definition) is 4. The molecular weight excluding hydrogens is 341 g/mol. The van der Waals surface area contributed by atoms with Gasteiger partial charge in [0.2, 0.25) is 5.91 Å². The Bertz CT molecular complexity index is 782. The van der Waals surface area contributed by atoms with Crippen LogP contribution in [0.3, 0.4) is 0 Å². The van der Waals surface area contributed by atoms with Gasteiger partial charge in [-0.25, -0.2) is 4.98 Å². The number of ether oxygens (including phenoxy) is 1. The molecule has 0 radical (unpaired) electrons. The van der Waals surface area contributed by atoms with Crippen molar-refractivity contribution >= 4 is 46.5 Å². The summed E-state index contributed by atoms with van der Waals surface area (Å²) in [7, 11) is 0. The van der Waals surface area contributed by atoms with E-state index in [2.05, 4.69) is 10.3 Å². The average Bonchev–Trinajstić information content (AvgIpc) is 2.54. The third-order valence-electron chi connectivity index (χ3n) is 3.16. The summed E-state index contributed by atoms with van der Waals surface area (Å²) in [6.45, 7) is -0.300. The maximum atomic E-state index is 12.2. The van der Waals surface area contributed by atoms with Crippen LogP contribution >= 0.6 is 23.2 Å². The van der Waals surface area contributed by atoms with Crippen LogP contribution in [0.25, 0.3) is 0 Å². The molecule has 8 heteroatoms. The Labute approximate surface area is 142 Å². The van der Waals surface area contributed by atoms with Gasteiger partial charge in [-0.05, 0) is 30.3 Å². The lowest BCUT2D eigenvalue weighted by Gasteiger charge is -2.27. The van der Waals surface area contributed by atoms with Gasteiger partial charge in [-0.2, -0.15) is 0 Å². The van der Waals surface area contributed by atoms with Crippen LogP contribution in [0.5, 0.6) is 5.75 Å². The zero-order valence-electron chi connectivity index (χ0n) is 11.8. The number of hydrogen-bond donors (Lipinski definition) is 1. The van der Waals surface area contributed by atoms with Gasteiger partial charge in [-0.15, -0.1) is 0 Å². The standard InChI is InChI=1S/C15H11Cl2N3O3/c16-10-4-3-9(6-11(10)17)19-13(21)7-20-14(22)8-23-12-2-1-5-18-15(12)20/h1-6H,7-8H2,(H,19,21). The molecule has 1 aromatic carbocycles. The molecule has 0 spiro atoms. The Morgan fingerprint density at radius 3 is 2.91 bits per heavy atom. The summed E-state index contributed by atoms with van der Waals surface area (Å²) in [5.74, 6) is 0.0817. The summed E-state index contributed by atoms with van der Waals surface area (Å²) >= 11 is 11.7. The van der Waals surface area contributed by atoms with Crippen molar-refractivity contribution in [2.75, 3.05) is 23.4 Å². The lowest BCUT2D eigenvalue weighted by molar-refractivity contribution is -0.123. The molecule has 0 saturated heterocycles. The molecule has 2 heterocycles. The molecule has 1 aliphatic rings. The number of fused-ring (bicyclic) bond motifs is 1. The summed E-state index contributed by atoms with van der Waals surface area (Å²) in [5.41, 5.74) is 0.492. The second kappa shape index (κ2) is 6.44. The fourth-order valence-corrected chi connectivity index (χ4v) is 2.41. The minimum atomic E-state index is -0.379. The second-order valence-corrected chi connectivity index (χ2v) is 5.59. The van der Waals surface area contributed by atoms with Crippen LogP contribution in [-0.4, -0.2) is 29.9 Å². The van der Waals surface area contributed by atoms with E-state index in [9.17, 15) is 9.59 Å². The Kier molecular flexibility index (Phi) is 4.36. The van der Waals surface area contributed by atoms with E-state index in [1.54, 1.807) is 24.3 Å². The highest BCUT2D eigenvalue weighted by Gasteiger charge is 2.28. The summed E-state index contributed by atoms with van der Waals surface area (Å²) in [6.07, 6.45) is 1.53. The average molecular weight is 352 g/mol. The van der Waals surface area contributed by atoms with Gasteiger partial charge in [-0.1, -0.05) is 23.2 Å². The number of nitrogens with one attached hydrogen (secondary N) is 1. The van der Waals surface area contributed by atoms with Crippen LogP contribution in [0.4, 0.5) is 11.5 Å². The van der Waals surface area contributed by atoms with Crippen LogP contribution in [0.15, 0.2) is 36.5 Å². The van der Waals surface area contributed by atoms with E-state index in [0.717, 1.165) is 0 Å². The van der Waals surface area contributed by atoms with Crippen molar-refractivity contribution in [2.24, 2.45) is 0 Å². The first kappa shape index (κ1) is 15.6. The minimum absolute atomic E-state index is 0.126. The monoisotopic (exact) mass is 351 g/mol. The highest BCUT2D eigenvalue weighted by atomic mass is 35.5. The number of carbonyl (C=O) groups excluding carboxylic acids is 2. The van der Waals surface area contributed by atoms with Gasteiger partial charge in [0.1, 0.15) is 6.54 Å². The molecule has 1 aliphatic heterocycles. The van der Waals surface area contributed by atoms with Crippen LogP contribution in [0.2, 0.25) is 10.0 Å². The molecule has 1 N–H and O–H groups in total. The Balaban J connectivity index is 1.75. The lowest BCUT2D eigenvalue weighted by Crippen LogP contribution is -2.43. The van der Waals surface area contributed by atoms with Gasteiger partial charge in [0.25, 0.3) is 5.91 Å².